The van der Waals surface area contributed by atoms with Gasteiger partial charge in [-0.2, -0.15) is 0 Å². The van der Waals surface area contributed by atoms with E-state index in [9.17, 15) is 4.79 Å². The molecule has 7 heteroatoms. The molecule has 1 N–H and O–H groups in total. The van der Waals surface area contributed by atoms with Crippen LogP contribution in [-0.2, 0) is 4.74 Å². The number of carbonyl (C=O) groups is 1. The van der Waals surface area contributed by atoms with Gasteiger partial charge in [0, 0.05) is 12.1 Å². The predicted molar refractivity (Wildman–Crippen MR) is 74.0 cm³/mol. The average molecular weight is 343 g/mol. The van der Waals surface area contributed by atoms with E-state index in [1.807, 2.05) is 13.0 Å². The second-order valence-corrected chi connectivity index (χ2v) is 6.16. The minimum absolute atomic E-state index is 0.0457. The third-order valence-corrected chi connectivity index (χ3v) is 4.40. The molecule has 2 atom stereocenters. The van der Waals surface area contributed by atoms with Crippen molar-refractivity contribution in [2.75, 3.05) is 19.8 Å². The molecule has 1 aromatic rings. The number of hydrogen-bond acceptors (Lipinski definition) is 4. The van der Waals surface area contributed by atoms with E-state index < -0.39 is 11.7 Å². The molecule has 0 unspecified atom stereocenters. The van der Waals surface area contributed by atoms with Crippen LogP contribution in [0.25, 0.3) is 0 Å². The van der Waals surface area contributed by atoms with Gasteiger partial charge in [0.1, 0.15) is 12.2 Å². The van der Waals surface area contributed by atoms with Crippen molar-refractivity contribution < 1.29 is 19.4 Å². The minimum atomic E-state index is -0.890. The molecule has 6 nitrogen and oxygen atoms in total. The first-order valence-electron chi connectivity index (χ1n) is 6.38. The van der Waals surface area contributed by atoms with Gasteiger partial charge in [-0.15, -0.1) is 0 Å². The first kappa shape index (κ1) is 13.6. The van der Waals surface area contributed by atoms with E-state index in [1.54, 1.807) is 6.20 Å². The maximum atomic E-state index is 11.1. The van der Waals surface area contributed by atoms with Crippen molar-refractivity contribution in [3.8, 4) is 5.75 Å². The lowest BCUT2D eigenvalue weighted by molar-refractivity contribution is -0.0625. The molecule has 2 aliphatic rings. The number of ether oxygens (including phenoxy) is 2. The monoisotopic (exact) mass is 342 g/mol. The molecule has 1 amide bonds. The second kappa shape index (κ2) is 4.89. The fraction of sp³-hybridized carbons (Fsp3) is 0.538. The standard InChI is InChI=1S/C13H15BrN2O4/c1-8-2-10(14)11(4-15-8)19-7-13-3-9(5-20-13)16(6-13)12(17)18/h2,4,9H,3,5-7H2,1H3,(H,17,18)/t9-,13-/m0/s1. The Kier molecular flexibility index (Phi) is 3.33. The molecule has 2 fully saturated rings. The molecule has 0 spiro atoms. The smallest absolute Gasteiger partial charge is 0.407 e. The maximum absolute atomic E-state index is 11.1. The average Bonchev–Trinajstić information content (AvgIpc) is 2.96. The van der Waals surface area contributed by atoms with Gasteiger partial charge in [-0.3, -0.25) is 9.88 Å². The summed E-state index contributed by atoms with van der Waals surface area (Å²) in [5.74, 6) is 0.644. The Hall–Kier alpha value is -1.34. The number of rotatable bonds is 3. The molecule has 2 bridgehead atoms. The van der Waals surface area contributed by atoms with E-state index in [2.05, 4.69) is 20.9 Å². The number of aryl methyl sites for hydroxylation is 1. The molecule has 0 aromatic carbocycles. The Morgan fingerprint density at radius 3 is 3.20 bits per heavy atom. The van der Waals surface area contributed by atoms with Crippen LogP contribution >= 0.6 is 15.9 Å². The Labute approximate surface area is 124 Å². The largest absolute Gasteiger partial charge is 0.488 e. The topological polar surface area (TPSA) is 71.9 Å². The fourth-order valence-corrected chi connectivity index (χ4v) is 3.32. The van der Waals surface area contributed by atoms with Gasteiger partial charge >= 0.3 is 6.09 Å². The summed E-state index contributed by atoms with van der Waals surface area (Å²) in [6, 6.07) is 1.83. The third-order valence-electron chi connectivity index (χ3n) is 3.78. The van der Waals surface area contributed by atoms with Crippen molar-refractivity contribution in [2.24, 2.45) is 0 Å². The molecule has 2 saturated heterocycles. The first-order chi connectivity index (χ1) is 9.49. The van der Waals surface area contributed by atoms with Crippen molar-refractivity contribution in [1.82, 2.24) is 9.88 Å². The molecule has 1 aromatic heterocycles. The highest BCUT2D eigenvalue weighted by Gasteiger charge is 2.53. The molecule has 2 aliphatic heterocycles. The number of halogens is 1. The minimum Gasteiger partial charge on any atom is -0.488 e. The Balaban J connectivity index is 1.68. The Bertz CT molecular complexity index is 553. The van der Waals surface area contributed by atoms with Crippen LogP contribution in [-0.4, -0.2) is 52.5 Å². The van der Waals surface area contributed by atoms with Gasteiger partial charge in [-0.05, 0) is 28.9 Å². The van der Waals surface area contributed by atoms with Crippen LogP contribution in [0.2, 0.25) is 0 Å². The highest BCUT2D eigenvalue weighted by atomic mass is 79.9. The molecule has 0 radical (unpaired) electrons. The summed E-state index contributed by atoms with van der Waals surface area (Å²) in [6.45, 7) is 3.04. The van der Waals surface area contributed by atoms with Crippen molar-refractivity contribution >= 4 is 22.0 Å². The van der Waals surface area contributed by atoms with Crippen LogP contribution in [0.4, 0.5) is 4.79 Å². The SMILES string of the molecule is Cc1cc(Br)c(OC[C@@]23C[C@@H](CO2)N(C(=O)O)C3)cn1. The van der Waals surface area contributed by atoms with Gasteiger partial charge in [0.15, 0.2) is 5.75 Å². The number of likely N-dealkylation sites (tertiary alicyclic amines) is 1. The zero-order valence-corrected chi connectivity index (χ0v) is 12.6. The van der Waals surface area contributed by atoms with Gasteiger partial charge in [-0.25, -0.2) is 4.79 Å². The fourth-order valence-electron chi connectivity index (χ4n) is 2.77. The molecular formula is C13H15BrN2O4. The lowest BCUT2D eigenvalue weighted by atomic mass is 10.0. The maximum Gasteiger partial charge on any atom is 0.407 e. The van der Waals surface area contributed by atoms with Crippen LogP contribution in [0.15, 0.2) is 16.7 Å². The molecule has 108 valence electrons. The van der Waals surface area contributed by atoms with E-state index in [1.165, 1.54) is 4.90 Å². The van der Waals surface area contributed by atoms with Crippen LogP contribution in [0.1, 0.15) is 12.1 Å². The van der Waals surface area contributed by atoms with Gasteiger partial charge in [0.25, 0.3) is 0 Å². The highest BCUT2D eigenvalue weighted by Crippen LogP contribution is 2.38. The van der Waals surface area contributed by atoms with E-state index in [0.29, 0.717) is 31.9 Å². The number of aromatic nitrogens is 1. The van der Waals surface area contributed by atoms with Gasteiger partial charge < -0.3 is 14.6 Å². The Morgan fingerprint density at radius 1 is 1.75 bits per heavy atom. The number of amides is 1. The molecule has 0 aliphatic carbocycles. The van der Waals surface area contributed by atoms with Crippen molar-refractivity contribution in [3.63, 3.8) is 0 Å². The van der Waals surface area contributed by atoms with Gasteiger partial charge in [0.2, 0.25) is 0 Å². The van der Waals surface area contributed by atoms with Crippen molar-refractivity contribution in [3.05, 3.63) is 22.4 Å². The lowest BCUT2D eigenvalue weighted by Crippen LogP contribution is -2.47. The number of carboxylic acid groups (broad SMARTS) is 1. The molecule has 20 heavy (non-hydrogen) atoms. The summed E-state index contributed by atoms with van der Waals surface area (Å²) in [6.07, 6.45) is 1.46. The number of hydrogen-bond donors (Lipinski definition) is 1. The zero-order valence-electron chi connectivity index (χ0n) is 11.0. The highest BCUT2D eigenvalue weighted by molar-refractivity contribution is 9.10. The molecule has 3 heterocycles. The van der Waals surface area contributed by atoms with Crippen LogP contribution in [0, 0.1) is 6.92 Å². The molecule has 3 rings (SSSR count). The van der Waals surface area contributed by atoms with Gasteiger partial charge in [-0.1, -0.05) is 0 Å². The zero-order chi connectivity index (χ0) is 14.3. The van der Waals surface area contributed by atoms with Crippen molar-refractivity contribution in [2.45, 2.75) is 25.0 Å². The quantitative estimate of drug-likeness (QED) is 0.910. The first-order valence-corrected chi connectivity index (χ1v) is 7.17. The summed E-state index contributed by atoms with van der Waals surface area (Å²) in [7, 11) is 0. The van der Waals surface area contributed by atoms with E-state index in [-0.39, 0.29) is 6.04 Å². The number of pyridine rings is 1. The summed E-state index contributed by atoms with van der Waals surface area (Å²) in [5.41, 5.74) is 0.380. The number of morpholine rings is 1. The number of fused-ring (bicyclic) bond motifs is 2. The van der Waals surface area contributed by atoms with E-state index in [0.717, 1.165) is 10.2 Å². The summed E-state index contributed by atoms with van der Waals surface area (Å²) < 4.78 is 12.3. The third kappa shape index (κ3) is 2.35. The lowest BCUT2D eigenvalue weighted by Gasteiger charge is -2.31. The van der Waals surface area contributed by atoms with Crippen molar-refractivity contribution in [1.29, 1.82) is 0 Å². The van der Waals surface area contributed by atoms with Crippen LogP contribution < -0.4 is 4.74 Å². The second-order valence-electron chi connectivity index (χ2n) is 5.31. The predicted octanol–water partition coefficient (Wildman–Crippen LogP) is 2.05. The summed E-state index contributed by atoms with van der Waals surface area (Å²) >= 11 is 3.43. The molecule has 0 saturated carbocycles. The van der Waals surface area contributed by atoms with Crippen LogP contribution in [0.5, 0.6) is 5.75 Å². The summed E-state index contributed by atoms with van der Waals surface area (Å²) in [4.78, 5) is 16.7. The number of nitrogens with zero attached hydrogens (tertiary/aromatic N) is 2. The Morgan fingerprint density at radius 2 is 2.55 bits per heavy atom. The van der Waals surface area contributed by atoms with E-state index >= 15 is 0 Å². The summed E-state index contributed by atoms with van der Waals surface area (Å²) in [5, 5.41) is 9.12. The van der Waals surface area contributed by atoms with E-state index in [4.69, 9.17) is 14.6 Å². The normalized spacial score (nSPS) is 27.9. The van der Waals surface area contributed by atoms with Gasteiger partial charge in [0.05, 0.1) is 29.9 Å². The van der Waals surface area contributed by atoms with Crippen LogP contribution in [0.3, 0.4) is 0 Å². The molecular weight excluding hydrogens is 328 g/mol.